The number of hydrogen-bond acceptors (Lipinski definition) is 9. The van der Waals surface area contributed by atoms with E-state index in [1.54, 1.807) is 6.08 Å². The van der Waals surface area contributed by atoms with E-state index in [-0.39, 0.29) is 54.6 Å². The molecule has 0 radical (unpaired) electrons. The van der Waals surface area contributed by atoms with Crippen molar-refractivity contribution in [2.75, 3.05) is 6.61 Å². The van der Waals surface area contributed by atoms with E-state index in [4.69, 9.17) is 4.74 Å². The number of aliphatic hydroxyl groups is 2. The number of rotatable bonds is 6. The van der Waals surface area contributed by atoms with Gasteiger partial charge < -0.3 is 14.9 Å². The summed E-state index contributed by atoms with van der Waals surface area (Å²) >= 11 is 0. The molecule has 4 aliphatic carbocycles. The van der Waals surface area contributed by atoms with Gasteiger partial charge in [0.2, 0.25) is 23.5 Å². The Balaban J connectivity index is 1.23. The first-order valence-electron chi connectivity index (χ1n) is 14.0. The van der Waals surface area contributed by atoms with E-state index >= 15 is 0 Å². The van der Waals surface area contributed by atoms with Gasteiger partial charge in [-0.25, -0.2) is 4.90 Å². The number of ketones is 2. The predicted octanol–water partition coefficient (Wildman–Crippen LogP) is 1.79. The summed E-state index contributed by atoms with van der Waals surface area (Å²) in [6.07, 6.45) is 3.90. The van der Waals surface area contributed by atoms with Gasteiger partial charge >= 0.3 is 5.97 Å². The minimum Gasteiger partial charge on any atom is -0.458 e. The molecule has 0 aromatic rings. The van der Waals surface area contributed by atoms with Crippen LogP contribution in [0, 0.1) is 28.6 Å². The smallest absolute Gasteiger partial charge is 0.306 e. The van der Waals surface area contributed by atoms with Crippen LogP contribution in [0.2, 0.25) is 0 Å². The fraction of sp³-hybridized carbons (Fsp3) is 0.724. The van der Waals surface area contributed by atoms with E-state index in [0.717, 1.165) is 18.4 Å². The van der Waals surface area contributed by atoms with Crippen LogP contribution in [-0.4, -0.2) is 68.7 Å². The van der Waals surface area contributed by atoms with Crippen molar-refractivity contribution in [2.45, 2.75) is 96.2 Å². The van der Waals surface area contributed by atoms with Crippen molar-refractivity contribution in [3.63, 3.8) is 0 Å². The van der Waals surface area contributed by atoms with E-state index in [0.29, 0.717) is 24.2 Å². The molecule has 10 heteroatoms. The molecule has 10 nitrogen and oxygen atoms in total. The van der Waals surface area contributed by atoms with Crippen LogP contribution < -0.4 is 0 Å². The van der Waals surface area contributed by atoms with Gasteiger partial charge in [0.25, 0.3) is 0 Å². The fourth-order valence-corrected chi connectivity index (χ4v) is 8.66. The molecule has 0 spiro atoms. The lowest BCUT2D eigenvalue weighted by atomic mass is 9.45. The molecule has 212 valence electrons. The number of carbonyl (C=O) groups is 6. The molecular weight excluding hydrogens is 506 g/mol. The highest BCUT2D eigenvalue weighted by atomic mass is 16.5. The lowest BCUT2D eigenvalue weighted by Gasteiger charge is -2.60. The van der Waals surface area contributed by atoms with E-state index in [1.807, 2.05) is 6.92 Å². The van der Waals surface area contributed by atoms with Gasteiger partial charge in [-0.05, 0) is 67.8 Å². The summed E-state index contributed by atoms with van der Waals surface area (Å²) in [4.78, 5) is 73.8. The first-order valence-corrected chi connectivity index (χ1v) is 14.0. The number of Topliss-reactive ketones (excluding diaryl/α,β-unsaturated/α-hetero) is 1. The van der Waals surface area contributed by atoms with Crippen molar-refractivity contribution in [3.8, 4) is 0 Å². The number of likely N-dealkylation sites (tertiary alicyclic amines) is 1. The third kappa shape index (κ3) is 4.30. The van der Waals surface area contributed by atoms with Gasteiger partial charge in [-0.3, -0.25) is 28.8 Å². The Morgan fingerprint density at radius 3 is 2.38 bits per heavy atom. The van der Waals surface area contributed by atoms with Gasteiger partial charge in [-0.1, -0.05) is 19.4 Å². The van der Waals surface area contributed by atoms with Gasteiger partial charge in [0.1, 0.15) is 5.60 Å². The fourth-order valence-electron chi connectivity index (χ4n) is 8.66. The van der Waals surface area contributed by atoms with Crippen LogP contribution in [0.1, 0.15) is 84.5 Å². The number of hydrogen-bond donors (Lipinski definition) is 2. The van der Waals surface area contributed by atoms with Gasteiger partial charge in [-0.15, -0.1) is 0 Å². The molecule has 0 aromatic heterocycles. The van der Waals surface area contributed by atoms with Gasteiger partial charge in [-0.2, -0.15) is 0 Å². The third-order valence-corrected chi connectivity index (χ3v) is 10.7. The quantitative estimate of drug-likeness (QED) is 0.377. The molecule has 1 aliphatic heterocycles. The summed E-state index contributed by atoms with van der Waals surface area (Å²) in [5, 5.41) is 23.2. The minimum absolute atomic E-state index is 0.000267. The van der Waals surface area contributed by atoms with Gasteiger partial charge in [0, 0.05) is 31.1 Å². The Bertz CT molecular complexity index is 1160. The van der Waals surface area contributed by atoms with Crippen molar-refractivity contribution < 1.29 is 43.7 Å². The second kappa shape index (κ2) is 9.73. The summed E-state index contributed by atoms with van der Waals surface area (Å²) in [5.74, 6) is -3.24. The van der Waals surface area contributed by atoms with Crippen LogP contribution in [0.15, 0.2) is 11.6 Å². The summed E-state index contributed by atoms with van der Waals surface area (Å²) in [6.45, 7) is 3.33. The largest absolute Gasteiger partial charge is 0.458 e. The molecule has 3 amide bonds. The predicted molar refractivity (Wildman–Crippen MR) is 134 cm³/mol. The number of nitrogens with zero attached hydrogens (tertiary/aromatic N) is 1. The zero-order chi connectivity index (χ0) is 28.3. The number of esters is 1. The van der Waals surface area contributed by atoms with Crippen LogP contribution in [0.25, 0.3) is 0 Å². The van der Waals surface area contributed by atoms with Crippen LogP contribution in [0.5, 0.6) is 0 Å². The molecule has 2 N–H and O–H groups in total. The second-order valence-corrected chi connectivity index (χ2v) is 12.6. The van der Waals surface area contributed by atoms with Crippen LogP contribution in [0.3, 0.4) is 0 Å². The van der Waals surface area contributed by atoms with E-state index in [2.05, 4.69) is 6.92 Å². The maximum absolute atomic E-state index is 13.3. The molecule has 0 bridgehead atoms. The Morgan fingerprint density at radius 2 is 1.69 bits per heavy atom. The molecular formula is C29H37NO9. The standard InChI is InChI=1S/C29H37NO9/c1-27-11-9-17(31)13-16(27)3-4-18-19-10-12-29(38,28(19,2)14-20(32)26(18)27)21(33)15-39-25(37)8-7-24(36)30-22(34)5-6-23(30)35/h13,18-20,26,32,38H,3-12,14-15H2,1-2H3. The van der Waals surface area contributed by atoms with E-state index in [9.17, 15) is 39.0 Å². The molecule has 1 heterocycles. The molecule has 5 aliphatic rings. The summed E-state index contributed by atoms with van der Waals surface area (Å²) < 4.78 is 5.11. The first kappa shape index (κ1) is 27.8. The SMILES string of the molecule is CC12CCC(=O)C=C1CCC1C2C(O)CC2(C)C1CCC2(O)C(=O)COC(=O)CCC(=O)N1C(=O)CCC1=O. The summed E-state index contributed by atoms with van der Waals surface area (Å²) in [7, 11) is 0. The molecule has 4 fully saturated rings. The topological polar surface area (TPSA) is 155 Å². The second-order valence-electron chi connectivity index (χ2n) is 12.6. The lowest BCUT2D eigenvalue weighted by Crippen LogP contribution is -2.62. The zero-order valence-electron chi connectivity index (χ0n) is 22.6. The molecule has 5 rings (SSSR count). The van der Waals surface area contributed by atoms with Crippen molar-refractivity contribution in [1.29, 1.82) is 0 Å². The van der Waals surface area contributed by atoms with Gasteiger partial charge in [0.05, 0.1) is 12.5 Å². The van der Waals surface area contributed by atoms with Crippen molar-refractivity contribution in [3.05, 3.63) is 11.6 Å². The number of imide groups is 3. The van der Waals surface area contributed by atoms with Crippen molar-refractivity contribution >= 4 is 35.3 Å². The average molecular weight is 544 g/mol. The van der Waals surface area contributed by atoms with E-state index < -0.39 is 66.0 Å². The maximum atomic E-state index is 13.3. The molecule has 39 heavy (non-hydrogen) atoms. The highest BCUT2D eigenvalue weighted by Crippen LogP contribution is 2.67. The number of carbonyl (C=O) groups excluding carboxylic acids is 6. The summed E-state index contributed by atoms with van der Waals surface area (Å²) in [5.41, 5.74) is -1.84. The minimum atomic E-state index is -1.77. The lowest BCUT2D eigenvalue weighted by molar-refractivity contribution is -0.184. The number of ether oxygens (including phenoxy) is 1. The summed E-state index contributed by atoms with van der Waals surface area (Å²) in [6, 6.07) is 0. The normalized spacial score (nSPS) is 39.5. The zero-order valence-corrected chi connectivity index (χ0v) is 22.6. The third-order valence-electron chi connectivity index (χ3n) is 10.7. The van der Waals surface area contributed by atoms with E-state index in [1.165, 1.54) is 0 Å². The maximum Gasteiger partial charge on any atom is 0.306 e. The van der Waals surface area contributed by atoms with Crippen LogP contribution >= 0.6 is 0 Å². The van der Waals surface area contributed by atoms with Crippen LogP contribution in [0.4, 0.5) is 0 Å². The number of fused-ring (bicyclic) bond motifs is 5. The Morgan fingerprint density at radius 1 is 1.00 bits per heavy atom. The average Bonchev–Trinajstić information content (AvgIpc) is 3.36. The molecule has 7 atom stereocenters. The Labute approximate surface area is 227 Å². The van der Waals surface area contributed by atoms with Crippen molar-refractivity contribution in [2.24, 2.45) is 28.6 Å². The highest BCUT2D eigenvalue weighted by molar-refractivity contribution is 6.15. The Kier molecular flexibility index (Phi) is 6.94. The molecule has 3 saturated carbocycles. The molecule has 1 saturated heterocycles. The highest BCUT2D eigenvalue weighted by Gasteiger charge is 2.68. The number of allylic oxidation sites excluding steroid dienone is 1. The Hall–Kier alpha value is -2.72. The van der Waals surface area contributed by atoms with Crippen LogP contribution in [-0.2, 0) is 33.5 Å². The first-order chi connectivity index (χ1) is 18.3. The molecule has 7 unspecified atom stereocenters. The monoisotopic (exact) mass is 543 g/mol. The van der Waals surface area contributed by atoms with Crippen molar-refractivity contribution in [1.82, 2.24) is 4.90 Å². The molecule has 0 aromatic carbocycles. The number of aliphatic hydroxyl groups excluding tert-OH is 1. The van der Waals surface area contributed by atoms with Gasteiger partial charge in [0.15, 0.2) is 12.4 Å². The number of amides is 3.